The molecule has 0 aromatic heterocycles. The number of hydrogen-bond donors (Lipinski definition) is 0. The topological polar surface area (TPSA) is 18.5 Å². The molecule has 2 rings (SSSR count). The largest absolute Gasteiger partial charge is 0.456 e. The Morgan fingerprint density at radius 3 is 2.50 bits per heavy atom. The van der Waals surface area contributed by atoms with Crippen LogP contribution in [0.4, 0.5) is 0 Å². The summed E-state index contributed by atoms with van der Waals surface area (Å²) in [5.41, 5.74) is 1.11. The Morgan fingerprint density at radius 2 is 1.83 bits per heavy atom. The second-order valence-corrected chi connectivity index (χ2v) is 4.68. The Labute approximate surface area is 112 Å². The van der Waals surface area contributed by atoms with Gasteiger partial charge in [-0.2, -0.15) is 0 Å². The average Bonchev–Trinajstić information content (AvgIpc) is 2.41. The normalized spacial score (nSPS) is 10.3. The van der Waals surface area contributed by atoms with E-state index in [1.165, 1.54) is 0 Å². The molecule has 0 aliphatic heterocycles. The molecule has 0 saturated carbocycles. The maximum Gasteiger partial charge on any atom is 0.141 e. The highest BCUT2D eigenvalue weighted by atomic mass is 32.2. The van der Waals surface area contributed by atoms with Crippen LogP contribution in [0.5, 0.6) is 11.5 Å². The Bertz CT molecular complexity index is 497. The smallest absolute Gasteiger partial charge is 0.141 e. The molecule has 0 saturated heterocycles. The van der Waals surface area contributed by atoms with Gasteiger partial charge in [-0.1, -0.05) is 24.3 Å². The van der Waals surface area contributed by atoms with Gasteiger partial charge in [0.15, 0.2) is 0 Å². The van der Waals surface area contributed by atoms with E-state index < -0.39 is 0 Å². The van der Waals surface area contributed by atoms with Gasteiger partial charge < -0.3 is 9.47 Å². The van der Waals surface area contributed by atoms with Crippen LogP contribution in [0.1, 0.15) is 5.56 Å². The van der Waals surface area contributed by atoms with Crippen LogP contribution in [0.3, 0.4) is 0 Å². The third-order valence-electron chi connectivity index (χ3n) is 2.51. The van der Waals surface area contributed by atoms with Crippen LogP contribution in [0.2, 0.25) is 0 Å². The number of para-hydroxylation sites is 1. The first kappa shape index (κ1) is 13.0. The Morgan fingerprint density at radius 1 is 1.06 bits per heavy atom. The molecule has 2 aromatic carbocycles. The standard InChI is InChI=1S/C15H16O2S/c1-16-11-12-8-9-15(18-2)14(10-12)17-13-6-4-3-5-7-13/h3-10H,11H2,1-2H3. The second-order valence-electron chi connectivity index (χ2n) is 3.83. The lowest BCUT2D eigenvalue weighted by atomic mass is 10.2. The summed E-state index contributed by atoms with van der Waals surface area (Å²) in [5.74, 6) is 1.73. The molecule has 0 spiro atoms. The summed E-state index contributed by atoms with van der Waals surface area (Å²) < 4.78 is 11.1. The zero-order valence-corrected chi connectivity index (χ0v) is 11.4. The number of rotatable bonds is 5. The summed E-state index contributed by atoms with van der Waals surface area (Å²) in [6.45, 7) is 0.597. The van der Waals surface area contributed by atoms with Crippen LogP contribution in [-0.4, -0.2) is 13.4 Å². The molecular weight excluding hydrogens is 244 g/mol. The van der Waals surface area contributed by atoms with Crippen LogP contribution >= 0.6 is 11.8 Å². The molecule has 0 bridgehead atoms. The van der Waals surface area contributed by atoms with Crippen molar-refractivity contribution in [2.24, 2.45) is 0 Å². The van der Waals surface area contributed by atoms with E-state index in [-0.39, 0.29) is 0 Å². The van der Waals surface area contributed by atoms with Gasteiger partial charge >= 0.3 is 0 Å². The van der Waals surface area contributed by atoms with Gasteiger partial charge in [-0.3, -0.25) is 0 Å². The molecule has 18 heavy (non-hydrogen) atoms. The first-order valence-corrected chi connectivity index (χ1v) is 6.94. The maximum atomic E-state index is 5.91. The Hall–Kier alpha value is -1.45. The van der Waals surface area contributed by atoms with E-state index in [4.69, 9.17) is 9.47 Å². The number of hydrogen-bond acceptors (Lipinski definition) is 3. The van der Waals surface area contributed by atoms with Crippen LogP contribution in [0, 0.1) is 0 Å². The van der Waals surface area contributed by atoms with E-state index in [1.54, 1.807) is 18.9 Å². The van der Waals surface area contributed by atoms with Gasteiger partial charge in [0, 0.05) is 12.0 Å². The average molecular weight is 260 g/mol. The van der Waals surface area contributed by atoms with E-state index >= 15 is 0 Å². The first-order valence-electron chi connectivity index (χ1n) is 5.72. The van der Waals surface area contributed by atoms with Crippen LogP contribution in [0.15, 0.2) is 53.4 Å². The van der Waals surface area contributed by atoms with E-state index in [2.05, 4.69) is 12.1 Å². The monoisotopic (exact) mass is 260 g/mol. The molecule has 94 valence electrons. The zero-order valence-electron chi connectivity index (χ0n) is 10.6. The predicted octanol–water partition coefficient (Wildman–Crippen LogP) is 4.35. The lowest BCUT2D eigenvalue weighted by Gasteiger charge is -2.11. The van der Waals surface area contributed by atoms with Gasteiger partial charge in [0.25, 0.3) is 0 Å². The highest BCUT2D eigenvalue weighted by Crippen LogP contribution is 2.32. The molecule has 0 aliphatic carbocycles. The van der Waals surface area contributed by atoms with E-state index in [9.17, 15) is 0 Å². The van der Waals surface area contributed by atoms with Crippen molar-refractivity contribution in [3.05, 3.63) is 54.1 Å². The summed E-state index contributed by atoms with van der Waals surface area (Å²) in [4.78, 5) is 1.12. The van der Waals surface area contributed by atoms with Crippen molar-refractivity contribution in [3.8, 4) is 11.5 Å². The Balaban J connectivity index is 2.26. The quantitative estimate of drug-likeness (QED) is 0.745. The molecule has 0 aliphatic rings. The molecule has 2 nitrogen and oxygen atoms in total. The van der Waals surface area contributed by atoms with Crippen molar-refractivity contribution in [3.63, 3.8) is 0 Å². The van der Waals surface area contributed by atoms with Crippen LogP contribution in [-0.2, 0) is 11.3 Å². The third-order valence-corrected chi connectivity index (χ3v) is 3.29. The molecule has 0 unspecified atom stereocenters. The first-order chi connectivity index (χ1) is 8.83. The summed E-state index contributed by atoms with van der Waals surface area (Å²) in [6, 6.07) is 16.0. The fourth-order valence-electron chi connectivity index (χ4n) is 1.67. The molecule has 0 amide bonds. The number of methoxy groups -OCH3 is 1. The predicted molar refractivity (Wildman–Crippen MR) is 75.5 cm³/mol. The zero-order chi connectivity index (χ0) is 12.8. The van der Waals surface area contributed by atoms with Crippen LogP contribution in [0.25, 0.3) is 0 Å². The highest BCUT2D eigenvalue weighted by Gasteiger charge is 2.05. The molecule has 2 aromatic rings. The molecular formula is C15H16O2S. The summed E-state index contributed by atoms with van der Waals surface area (Å²) in [6.07, 6.45) is 2.04. The summed E-state index contributed by atoms with van der Waals surface area (Å²) in [7, 11) is 1.69. The SMILES string of the molecule is COCc1ccc(SC)c(Oc2ccccc2)c1. The minimum atomic E-state index is 0.597. The summed E-state index contributed by atoms with van der Waals surface area (Å²) in [5, 5.41) is 0. The lowest BCUT2D eigenvalue weighted by Crippen LogP contribution is -1.91. The van der Waals surface area contributed by atoms with Gasteiger partial charge in [0.05, 0.1) is 6.61 Å². The van der Waals surface area contributed by atoms with Gasteiger partial charge in [0.2, 0.25) is 0 Å². The fourth-order valence-corrected chi connectivity index (χ4v) is 2.18. The molecule has 0 N–H and O–H groups in total. The van der Waals surface area contributed by atoms with Gasteiger partial charge in [-0.15, -0.1) is 11.8 Å². The van der Waals surface area contributed by atoms with Crippen molar-refractivity contribution < 1.29 is 9.47 Å². The highest BCUT2D eigenvalue weighted by molar-refractivity contribution is 7.98. The molecule has 0 fully saturated rings. The van der Waals surface area contributed by atoms with Gasteiger partial charge in [-0.05, 0) is 36.1 Å². The maximum absolute atomic E-state index is 5.91. The summed E-state index contributed by atoms with van der Waals surface area (Å²) >= 11 is 1.68. The van der Waals surface area contributed by atoms with E-state index in [1.807, 2.05) is 42.7 Å². The molecule has 0 heterocycles. The van der Waals surface area contributed by atoms with Gasteiger partial charge in [0.1, 0.15) is 11.5 Å². The number of ether oxygens (including phenoxy) is 2. The molecule has 3 heteroatoms. The van der Waals surface area contributed by atoms with Crippen LogP contribution < -0.4 is 4.74 Å². The number of benzene rings is 2. The Kier molecular flexibility index (Phi) is 4.67. The van der Waals surface area contributed by atoms with E-state index in [0.29, 0.717) is 6.61 Å². The minimum Gasteiger partial charge on any atom is -0.456 e. The van der Waals surface area contributed by atoms with E-state index in [0.717, 1.165) is 22.0 Å². The van der Waals surface area contributed by atoms with Crippen molar-refractivity contribution in [2.45, 2.75) is 11.5 Å². The fraction of sp³-hybridized carbons (Fsp3) is 0.200. The van der Waals surface area contributed by atoms with Crippen molar-refractivity contribution in [1.29, 1.82) is 0 Å². The van der Waals surface area contributed by atoms with Crippen molar-refractivity contribution >= 4 is 11.8 Å². The third kappa shape index (κ3) is 3.28. The van der Waals surface area contributed by atoms with Gasteiger partial charge in [-0.25, -0.2) is 0 Å². The molecule has 0 atom stereocenters. The number of thioether (sulfide) groups is 1. The second kappa shape index (κ2) is 6.47. The van der Waals surface area contributed by atoms with Crippen molar-refractivity contribution in [1.82, 2.24) is 0 Å². The molecule has 0 radical (unpaired) electrons. The lowest BCUT2D eigenvalue weighted by molar-refractivity contribution is 0.184. The minimum absolute atomic E-state index is 0.597. The van der Waals surface area contributed by atoms with Crippen molar-refractivity contribution in [2.75, 3.05) is 13.4 Å².